The Morgan fingerprint density at radius 2 is 1.27 bits per heavy atom. The number of ether oxygens (including phenoxy) is 3. The number of aromatic nitrogens is 2. The Morgan fingerprint density at radius 1 is 0.795 bits per heavy atom. The van der Waals surface area contributed by atoms with Crippen LogP contribution in [0, 0.1) is 0 Å². The Morgan fingerprint density at radius 3 is 1.75 bits per heavy atom. The first-order valence-electron chi connectivity index (χ1n) is 15.7. The number of hydrogen-bond acceptors (Lipinski definition) is 9. The fraction of sp³-hybridized carbons (Fsp3) is 0.485. The molecule has 3 aromatic rings. The lowest BCUT2D eigenvalue weighted by Crippen LogP contribution is -2.44. The van der Waals surface area contributed by atoms with E-state index >= 15 is 0 Å². The summed E-state index contributed by atoms with van der Waals surface area (Å²) in [7, 11) is 4.02. The van der Waals surface area contributed by atoms with E-state index in [0.29, 0.717) is 23.8 Å². The van der Waals surface area contributed by atoms with Crippen LogP contribution in [-0.2, 0) is 9.47 Å². The summed E-state index contributed by atoms with van der Waals surface area (Å²) >= 11 is 0. The van der Waals surface area contributed by atoms with Crippen molar-refractivity contribution in [2.24, 2.45) is 0 Å². The number of carbonyl (C=O) groups excluding carboxylic acids is 1. The van der Waals surface area contributed by atoms with Gasteiger partial charge in [0.2, 0.25) is 0 Å². The van der Waals surface area contributed by atoms with Gasteiger partial charge in [-0.3, -0.25) is 0 Å². The summed E-state index contributed by atoms with van der Waals surface area (Å²) in [6.07, 6.45) is 5.51. The normalized spacial score (nSPS) is 24.1. The first-order valence-corrected chi connectivity index (χ1v) is 15.7. The number of amides is 2. The molecule has 4 fully saturated rings. The third kappa shape index (κ3) is 6.74. The fourth-order valence-electron chi connectivity index (χ4n) is 6.46. The third-order valence-corrected chi connectivity index (χ3v) is 8.75. The van der Waals surface area contributed by atoms with Gasteiger partial charge in [0, 0.05) is 55.7 Å². The van der Waals surface area contributed by atoms with Gasteiger partial charge in [0.15, 0.2) is 5.82 Å². The van der Waals surface area contributed by atoms with Crippen molar-refractivity contribution in [3.8, 4) is 17.1 Å². The molecule has 2 N–H and O–H groups in total. The van der Waals surface area contributed by atoms with Crippen LogP contribution >= 0.6 is 0 Å². The number of anilines is 4. The largest absolute Gasteiger partial charge is 0.492 e. The smallest absolute Gasteiger partial charge is 0.323 e. The fourth-order valence-corrected chi connectivity index (χ4v) is 6.46. The van der Waals surface area contributed by atoms with Crippen molar-refractivity contribution in [2.75, 3.05) is 73.9 Å². The molecule has 44 heavy (non-hydrogen) atoms. The van der Waals surface area contributed by atoms with E-state index in [4.69, 9.17) is 24.2 Å². The molecule has 4 bridgehead atoms. The van der Waals surface area contributed by atoms with Crippen molar-refractivity contribution in [3.05, 3.63) is 54.6 Å². The Balaban J connectivity index is 1.04. The molecule has 4 unspecified atom stereocenters. The Kier molecular flexibility index (Phi) is 8.24. The van der Waals surface area contributed by atoms with E-state index in [1.54, 1.807) is 0 Å². The van der Waals surface area contributed by atoms with Crippen LogP contribution in [0.4, 0.5) is 27.8 Å². The van der Waals surface area contributed by atoms with Crippen molar-refractivity contribution in [2.45, 2.75) is 50.1 Å². The monoisotopic (exact) mass is 599 g/mol. The number of benzene rings is 2. The molecular formula is C33H41N7O4. The number of fused-ring (bicyclic) bond motifs is 4. The van der Waals surface area contributed by atoms with Gasteiger partial charge in [0.05, 0.1) is 24.4 Å². The lowest BCUT2D eigenvalue weighted by atomic mass is 10.2. The van der Waals surface area contributed by atoms with Gasteiger partial charge in [0.1, 0.15) is 24.0 Å². The van der Waals surface area contributed by atoms with Gasteiger partial charge in [-0.15, -0.1) is 0 Å². The van der Waals surface area contributed by atoms with Gasteiger partial charge < -0.3 is 39.5 Å². The minimum Gasteiger partial charge on any atom is -0.492 e. The minimum atomic E-state index is -0.316. The maximum absolute atomic E-state index is 12.7. The van der Waals surface area contributed by atoms with E-state index < -0.39 is 0 Å². The van der Waals surface area contributed by atoms with Crippen molar-refractivity contribution in [3.63, 3.8) is 0 Å². The highest BCUT2D eigenvalue weighted by Gasteiger charge is 2.37. The van der Waals surface area contributed by atoms with Crippen molar-refractivity contribution >= 4 is 29.0 Å². The Labute approximate surface area is 258 Å². The first kappa shape index (κ1) is 28.8. The molecule has 0 radical (unpaired) electrons. The van der Waals surface area contributed by atoms with E-state index in [1.165, 1.54) is 0 Å². The van der Waals surface area contributed by atoms with Crippen LogP contribution in [-0.4, -0.2) is 98.7 Å². The second kappa shape index (κ2) is 12.6. The molecule has 2 amide bonds. The van der Waals surface area contributed by atoms with Crippen LogP contribution in [0.25, 0.3) is 11.4 Å². The molecule has 0 saturated carbocycles. The molecule has 4 aliphatic rings. The molecule has 4 saturated heterocycles. The van der Waals surface area contributed by atoms with Gasteiger partial charge in [-0.25, -0.2) is 14.8 Å². The Hall–Kier alpha value is -3.93. The molecule has 2 aromatic carbocycles. The van der Waals surface area contributed by atoms with Gasteiger partial charge >= 0.3 is 6.03 Å². The van der Waals surface area contributed by atoms with Crippen LogP contribution in [0.5, 0.6) is 5.75 Å². The van der Waals surface area contributed by atoms with Crippen LogP contribution in [0.15, 0.2) is 54.6 Å². The number of urea groups is 1. The molecule has 232 valence electrons. The molecule has 7 rings (SSSR count). The zero-order valence-electron chi connectivity index (χ0n) is 25.4. The zero-order valence-corrected chi connectivity index (χ0v) is 25.4. The van der Waals surface area contributed by atoms with Crippen LogP contribution in [0.2, 0.25) is 0 Å². The molecule has 5 heterocycles. The predicted octanol–water partition coefficient (Wildman–Crippen LogP) is 4.46. The SMILES string of the molecule is CN(C)CCOc1ccc(NC(=O)Nc2ccc(-c3nc(N4CC5CCC(C4)O5)cc(N4CC5CCC(C4)O5)n3)cc2)cc1. The number of hydrogen-bond donors (Lipinski definition) is 2. The molecule has 0 aliphatic carbocycles. The van der Waals surface area contributed by atoms with Crippen LogP contribution < -0.4 is 25.2 Å². The van der Waals surface area contributed by atoms with Crippen molar-refractivity contribution < 1.29 is 19.0 Å². The minimum absolute atomic E-state index is 0.269. The van der Waals surface area contributed by atoms with Gasteiger partial charge in [-0.2, -0.15) is 0 Å². The number of morpholine rings is 2. The highest BCUT2D eigenvalue weighted by Crippen LogP contribution is 2.34. The second-order valence-corrected chi connectivity index (χ2v) is 12.5. The maximum Gasteiger partial charge on any atom is 0.323 e. The van der Waals surface area contributed by atoms with E-state index in [-0.39, 0.29) is 30.4 Å². The molecule has 4 atom stereocenters. The number of likely N-dealkylation sites (N-methyl/N-ethyl adjacent to an activating group) is 1. The van der Waals surface area contributed by atoms with E-state index in [9.17, 15) is 4.79 Å². The summed E-state index contributed by atoms with van der Waals surface area (Å²) in [5.41, 5.74) is 2.27. The number of carbonyl (C=O) groups is 1. The molecule has 11 heteroatoms. The summed E-state index contributed by atoms with van der Waals surface area (Å²) in [4.78, 5) is 29.6. The lowest BCUT2D eigenvalue weighted by Gasteiger charge is -2.35. The summed E-state index contributed by atoms with van der Waals surface area (Å²) in [6, 6.07) is 16.9. The number of nitrogens with zero attached hydrogens (tertiary/aromatic N) is 5. The highest BCUT2D eigenvalue weighted by atomic mass is 16.5. The van der Waals surface area contributed by atoms with Crippen molar-refractivity contribution in [1.29, 1.82) is 0 Å². The standard InChI is InChI=1S/C33H41N7O4/c1-38(2)15-16-42-25-9-7-24(8-10-25)35-33(41)34-23-5-3-22(4-6-23)32-36-30(39-18-26-11-12-27(19-39)43-26)17-31(37-32)40-20-28-13-14-29(21-40)44-28/h3-10,17,26-29H,11-16,18-21H2,1-2H3,(H2,34,35,41). The molecular weight excluding hydrogens is 558 g/mol. The topological polar surface area (TPSA) is 104 Å². The molecule has 11 nitrogen and oxygen atoms in total. The average molecular weight is 600 g/mol. The summed E-state index contributed by atoms with van der Waals surface area (Å²) in [6.45, 7) is 4.85. The summed E-state index contributed by atoms with van der Waals surface area (Å²) < 4.78 is 17.9. The van der Waals surface area contributed by atoms with Crippen LogP contribution in [0.1, 0.15) is 25.7 Å². The molecule has 1 aromatic heterocycles. The van der Waals surface area contributed by atoms with Crippen LogP contribution in [0.3, 0.4) is 0 Å². The van der Waals surface area contributed by atoms with Crippen molar-refractivity contribution in [1.82, 2.24) is 14.9 Å². The first-order chi connectivity index (χ1) is 21.4. The highest BCUT2D eigenvalue weighted by molar-refractivity contribution is 5.99. The molecule has 4 aliphatic heterocycles. The van der Waals surface area contributed by atoms with E-state index in [2.05, 4.69) is 31.4 Å². The average Bonchev–Trinajstić information content (AvgIpc) is 3.55. The number of rotatable bonds is 9. The third-order valence-electron chi connectivity index (χ3n) is 8.75. The lowest BCUT2D eigenvalue weighted by molar-refractivity contribution is 0.0299. The van der Waals surface area contributed by atoms with Gasteiger partial charge in [-0.1, -0.05) is 0 Å². The number of nitrogens with one attached hydrogen (secondary N) is 2. The van der Waals surface area contributed by atoms with E-state index in [0.717, 1.165) is 81.4 Å². The second-order valence-electron chi connectivity index (χ2n) is 12.5. The quantitative estimate of drug-likeness (QED) is 0.369. The summed E-state index contributed by atoms with van der Waals surface area (Å²) in [5, 5.41) is 5.80. The predicted molar refractivity (Wildman–Crippen MR) is 171 cm³/mol. The molecule has 0 spiro atoms. The summed E-state index contributed by atoms with van der Waals surface area (Å²) in [5.74, 6) is 3.34. The van der Waals surface area contributed by atoms with Gasteiger partial charge in [-0.05, 0) is 88.3 Å². The van der Waals surface area contributed by atoms with Gasteiger partial charge in [0.25, 0.3) is 0 Å². The van der Waals surface area contributed by atoms with E-state index in [1.807, 2.05) is 62.6 Å². The maximum atomic E-state index is 12.7. The Bertz CT molecular complexity index is 1380. The zero-order chi connectivity index (χ0) is 30.0.